The van der Waals surface area contributed by atoms with Crippen LogP contribution in [0.1, 0.15) is 40.5 Å². The zero-order chi connectivity index (χ0) is 14.3. The highest BCUT2D eigenvalue weighted by Crippen LogP contribution is 2.21. The van der Waals surface area contributed by atoms with Crippen molar-refractivity contribution in [2.45, 2.75) is 45.7 Å². The van der Waals surface area contributed by atoms with Crippen LogP contribution in [0.15, 0.2) is 11.2 Å². The lowest BCUT2D eigenvalue weighted by Crippen LogP contribution is -2.12. The van der Waals surface area contributed by atoms with Crippen molar-refractivity contribution in [3.05, 3.63) is 6.07 Å². The molecule has 1 aromatic heterocycles. The van der Waals surface area contributed by atoms with E-state index in [1.54, 1.807) is 0 Å². The normalized spacial score (nSPS) is 11.4. The van der Waals surface area contributed by atoms with E-state index < -0.39 is 0 Å². The molecular formula is C14H25N3OS. The lowest BCUT2D eigenvalue weighted by Gasteiger charge is -2.18. The molecule has 1 heterocycles. The third kappa shape index (κ3) is 6.66. The van der Waals surface area contributed by atoms with Crippen molar-refractivity contribution >= 4 is 17.6 Å². The summed E-state index contributed by atoms with van der Waals surface area (Å²) in [5.41, 5.74) is 0.276. The van der Waals surface area contributed by atoms with Gasteiger partial charge in [-0.15, -0.1) is 0 Å². The molecular weight excluding hydrogens is 258 g/mol. The second-order valence-corrected chi connectivity index (χ2v) is 6.44. The summed E-state index contributed by atoms with van der Waals surface area (Å²) < 4.78 is 5.74. The van der Waals surface area contributed by atoms with Gasteiger partial charge in [-0.25, -0.2) is 4.98 Å². The van der Waals surface area contributed by atoms with Crippen LogP contribution in [0.2, 0.25) is 0 Å². The predicted molar refractivity (Wildman–Crippen MR) is 82.2 cm³/mol. The van der Waals surface area contributed by atoms with E-state index in [2.05, 4.69) is 43.0 Å². The Labute approximate surface area is 120 Å². The van der Waals surface area contributed by atoms with Crippen LogP contribution in [0.3, 0.4) is 0 Å². The van der Waals surface area contributed by atoms with Crippen molar-refractivity contribution in [3.63, 3.8) is 0 Å². The Hall–Kier alpha value is -0.970. The third-order valence-corrected chi connectivity index (χ3v) is 3.07. The average Bonchev–Trinajstić information content (AvgIpc) is 2.34. The topological polar surface area (TPSA) is 47.0 Å². The van der Waals surface area contributed by atoms with E-state index in [4.69, 9.17) is 4.74 Å². The van der Waals surface area contributed by atoms with Gasteiger partial charge in [-0.05, 0) is 24.5 Å². The van der Waals surface area contributed by atoms with E-state index in [1.165, 1.54) is 11.8 Å². The first kappa shape index (κ1) is 16.1. The smallest absolute Gasteiger partial charge is 0.219 e. The highest BCUT2D eigenvalue weighted by atomic mass is 32.2. The standard InChI is InChI=1S/C14H25N3OS/c1-6-8-15-11-10-12(17-13(16-11)19-5)18-9-7-14(2,3)4/h10H,6-9H2,1-5H3,(H,15,16,17). The molecule has 0 spiro atoms. The molecule has 0 amide bonds. The van der Waals surface area contributed by atoms with Gasteiger partial charge in [0.15, 0.2) is 5.16 Å². The maximum absolute atomic E-state index is 5.74. The third-order valence-electron chi connectivity index (χ3n) is 2.52. The number of ether oxygens (including phenoxy) is 1. The summed E-state index contributed by atoms with van der Waals surface area (Å²) in [6, 6.07) is 1.87. The maximum Gasteiger partial charge on any atom is 0.219 e. The summed E-state index contributed by atoms with van der Waals surface area (Å²) in [5, 5.41) is 4.01. The largest absolute Gasteiger partial charge is 0.477 e. The first-order valence-corrected chi connectivity index (χ1v) is 7.97. The van der Waals surface area contributed by atoms with Crippen LogP contribution in [-0.4, -0.2) is 29.4 Å². The number of thioether (sulfide) groups is 1. The summed E-state index contributed by atoms with van der Waals surface area (Å²) in [6.45, 7) is 10.3. The Morgan fingerprint density at radius 2 is 2.05 bits per heavy atom. The fraction of sp³-hybridized carbons (Fsp3) is 0.714. The maximum atomic E-state index is 5.74. The molecule has 0 aliphatic carbocycles. The fourth-order valence-electron chi connectivity index (χ4n) is 1.37. The van der Waals surface area contributed by atoms with E-state index >= 15 is 0 Å². The van der Waals surface area contributed by atoms with Crippen molar-refractivity contribution in [1.82, 2.24) is 9.97 Å². The summed E-state index contributed by atoms with van der Waals surface area (Å²) in [5.74, 6) is 1.49. The predicted octanol–water partition coefficient (Wildman–Crippen LogP) is 3.84. The molecule has 0 saturated heterocycles. The van der Waals surface area contributed by atoms with Crippen molar-refractivity contribution < 1.29 is 4.74 Å². The van der Waals surface area contributed by atoms with Gasteiger partial charge >= 0.3 is 0 Å². The van der Waals surface area contributed by atoms with Crippen LogP contribution >= 0.6 is 11.8 Å². The summed E-state index contributed by atoms with van der Waals surface area (Å²) >= 11 is 1.53. The minimum absolute atomic E-state index is 0.276. The zero-order valence-electron chi connectivity index (χ0n) is 12.6. The molecule has 0 unspecified atom stereocenters. The number of hydrogen-bond donors (Lipinski definition) is 1. The van der Waals surface area contributed by atoms with Gasteiger partial charge in [-0.3, -0.25) is 0 Å². The molecule has 0 saturated carbocycles. The minimum atomic E-state index is 0.276. The Bertz CT molecular complexity index is 391. The van der Waals surface area contributed by atoms with E-state index in [0.717, 1.165) is 30.4 Å². The van der Waals surface area contributed by atoms with Crippen molar-refractivity contribution in [2.24, 2.45) is 5.41 Å². The Balaban J connectivity index is 2.65. The number of nitrogens with zero attached hydrogens (tertiary/aromatic N) is 2. The number of nitrogens with one attached hydrogen (secondary N) is 1. The molecule has 0 atom stereocenters. The van der Waals surface area contributed by atoms with Crippen LogP contribution < -0.4 is 10.1 Å². The first-order valence-electron chi connectivity index (χ1n) is 6.74. The van der Waals surface area contributed by atoms with E-state index in [0.29, 0.717) is 12.5 Å². The van der Waals surface area contributed by atoms with Crippen LogP contribution in [0, 0.1) is 5.41 Å². The summed E-state index contributed by atoms with van der Waals surface area (Å²) in [6.07, 6.45) is 4.04. The van der Waals surface area contributed by atoms with Crippen LogP contribution in [0.5, 0.6) is 5.88 Å². The lowest BCUT2D eigenvalue weighted by molar-refractivity contribution is 0.235. The molecule has 0 fully saturated rings. The van der Waals surface area contributed by atoms with Gasteiger partial charge in [0.2, 0.25) is 5.88 Å². The molecule has 1 aromatic rings. The second kappa shape index (κ2) is 7.58. The van der Waals surface area contributed by atoms with Crippen LogP contribution in [-0.2, 0) is 0 Å². The van der Waals surface area contributed by atoms with E-state index in [-0.39, 0.29) is 5.41 Å². The van der Waals surface area contributed by atoms with Gasteiger partial charge in [0.05, 0.1) is 6.61 Å². The molecule has 0 bridgehead atoms. The lowest BCUT2D eigenvalue weighted by atomic mass is 9.93. The molecule has 0 aromatic carbocycles. The summed E-state index contributed by atoms with van der Waals surface area (Å²) in [4.78, 5) is 8.78. The van der Waals surface area contributed by atoms with Crippen molar-refractivity contribution in [1.29, 1.82) is 0 Å². The average molecular weight is 283 g/mol. The number of anilines is 1. The van der Waals surface area contributed by atoms with E-state index in [9.17, 15) is 0 Å². The Kier molecular flexibility index (Phi) is 6.42. The quantitative estimate of drug-likeness (QED) is 0.608. The van der Waals surface area contributed by atoms with Crippen molar-refractivity contribution in [2.75, 3.05) is 24.7 Å². The zero-order valence-corrected chi connectivity index (χ0v) is 13.4. The number of aromatic nitrogens is 2. The first-order chi connectivity index (χ1) is 8.94. The van der Waals surface area contributed by atoms with E-state index in [1.807, 2.05) is 12.3 Å². The molecule has 1 N–H and O–H groups in total. The Morgan fingerprint density at radius 3 is 2.63 bits per heavy atom. The minimum Gasteiger partial charge on any atom is -0.477 e. The highest BCUT2D eigenvalue weighted by Gasteiger charge is 2.11. The van der Waals surface area contributed by atoms with Crippen molar-refractivity contribution in [3.8, 4) is 5.88 Å². The molecule has 108 valence electrons. The Morgan fingerprint density at radius 1 is 1.32 bits per heavy atom. The van der Waals surface area contributed by atoms with Gasteiger partial charge in [0.1, 0.15) is 5.82 Å². The molecule has 5 heteroatoms. The molecule has 0 aliphatic heterocycles. The summed E-state index contributed by atoms with van der Waals surface area (Å²) in [7, 11) is 0. The van der Waals surface area contributed by atoms with Crippen LogP contribution in [0.25, 0.3) is 0 Å². The molecule has 4 nitrogen and oxygen atoms in total. The van der Waals surface area contributed by atoms with Crippen LogP contribution in [0.4, 0.5) is 5.82 Å². The SMILES string of the molecule is CCCNc1cc(OCCC(C)(C)C)nc(SC)n1. The van der Waals surface area contributed by atoms with Gasteiger partial charge in [0, 0.05) is 12.6 Å². The van der Waals surface area contributed by atoms with Gasteiger partial charge in [-0.2, -0.15) is 4.98 Å². The molecule has 1 rings (SSSR count). The van der Waals surface area contributed by atoms with Gasteiger partial charge < -0.3 is 10.1 Å². The van der Waals surface area contributed by atoms with Gasteiger partial charge in [0.25, 0.3) is 0 Å². The molecule has 0 radical (unpaired) electrons. The molecule has 19 heavy (non-hydrogen) atoms. The monoisotopic (exact) mass is 283 g/mol. The highest BCUT2D eigenvalue weighted by molar-refractivity contribution is 7.98. The molecule has 0 aliphatic rings. The number of rotatable bonds is 7. The number of hydrogen-bond acceptors (Lipinski definition) is 5. The van der Waals surface area contributed by atoms with Gasteiger partial charge in [-0.1, -0.05) is 39.5 Å². The fourth-order valence-corrected chi connectivity index (χ4v) is 1.75. The second-order valence-electron chi connectivity index (χ2n) is 5.66.